The number of hydrogen-bond donors (Lipinski definition) is 1. The van der Waals surface area contributed by atoms with Gasteiger partial charge in [0.1, 0.15) is 6.04 Å². The van der Waals surface area contributed by atoms with E-state index in [0.717, 1.165) is 19.4 Å². The van der Waals surface area contributed by atoms with Crippen LogP contribution in [0.25, 0.3) is 0 Å². The summed E-state index contributed by atoms with van der Waals surface area (Å²) in [4.78, 5) is 11.6. The van der Waals surface area contributed by atoms with Crippen LogP contribution in [0.3, 0.4) is 0 Å². The lowest BCUT2D eigenvalue weighted by Gasteiger charge is -2.15. The molecule has 0 spiro atoms. The number of aryl methyl sites for hydroxylation is 1. The van der Waals surface area contributed by atoms with E-state index in [1.165, 1.54) is 11.1 Å². The second-order valence-electron chi connectivity index (χ2n) is 4.41. The molecule has 18 heavy (non-hydrogen) atoms. The third-order valence-corrected chi connectivity index (χ3v) is 2.87. The molecule has 3 heteroatoms. The summed E-state index contributed by atoms with van der Waals surface area (Å²) < 4.78 is 5.02. The lowest BCUT2D eigenvalue weighted by molar-refractivity contribution is -0.145. The molecule has 0 amide bonds. The summed E-state index contributed by atoms with van der Waals surface area (Å²) in [6, 6.07) is 8.25. The van der Waals surface area contributed by atoms with E-state index in [1.54, 1.807) is 0 Å². The summed E-state index contributed by atoms with van der Waals surface area (Å²) >= 11 is 0. The topological polar surface area (TPSA) is 38.3 Å². The largest absolute Gasteiger partial charge is 0.465 e. The minimum Gasteiger partial charge on any atom is -0.465 e. The predicted molar refractivity (Wildman–Crippen MR) is 73.6 cm³/mol. The van der Waals surface area contributed by atoms with Crippen LogP contribution < -0.4 is 5.32 Å². The third kappa shape index (κ3) is 4.88. The van der Waals surface area contributed by atoms with Gasteiger partial charge < -0.3 is 10.1 Å². The Labute approximate surface area is 110 Å². The standard InChI is InChI=1S/C15H23NO2/c1-4-14(15(17)18-5-2)16-10-9-13-8-6-7-12(3)11-13/h6-8,11,14,16H,4-5,9-10H2,1-3H3. The van der Waals surface area contributed by atoms with Crippen molar-refractivity contribution in [3.63, 3.8) is 0 Å². The molecule has 1 unspecified atom stereocenters. The zero-order chi connectivity index (χ0) is 13.4. The summed E-state index contributed by atoms with van der Waals surface area (Å²) in [5.41, 5.74) is 2.56. The van der Waals surface area contributed by atoms with Crippen LogP contribution in [0, 0.1) is 6.92 Å². The molecule has 1 aromatic rings. The van der Waals surface area contributed by atoms with Crippen molar-refractivity contribution in [2.75, 3.05) is 13.2 Å². The monoisotopic (exact) mass is 249 g/mol. The Bertz CT molecular complexity index is 377. The van der Waals surface area contributed by atoms with Gasteiger partial charge in [0.15, 0.2) is 0 Å². The summed E-state index contributed by atoms with van der Waals surface area (Å²) in [6.07, 6.45) is 1.68. The first-order valence-corrected chi connectivity index (χ1v) is 6.63. The lowest BCUT2D eigenvalue weighted by Crippen LogP contribution is -2.38. The van der Waals surface area contributed by atoms with Crippen molar-refractivity contribution >= 4 is 5.97 Å². The predicted octanol–water partition coefficient (Wildman–Crippen LogP) is 2.47. The average molecular weight is 249 g/mol. The lowest BCUT2D eigenvalue weighted by atomic mass is 10.1. The minimum atomic E-state index is -0.185. The number of carbonyl (C=O) groups excluding carboxylic acids is 1. The molecule has 0 heterocycles. The van der Waals surface area contributed by atoms with E-state index in [9.17, 15) is 4.79 Å². The van der Waals surface area contributed by atoms with E-state index >= 15 is 0 Å². The summed E-state index contributed by atoms with van der Waals surface area (Å²) in [5, 5.41) is 3.25. The van der Waals surface area contributed by atoms with Gasteiger partial charge in [-0.2, -0.15) is 0 Å². The summed E-state index contributed by atoms with van der Waals surface area (Å²) in [7, 11) is 0. The van der Waals surface area contributed by atoms with Crippen LogP contribution in [0.15, 0.2) is 24.3 Å². The Kier molecular flexibility index (Phi) is 6.44. The summed E-state index contributed by atoms with van der Waals surface area (Å²) in [6.45, 7) is 7.14. The molecular weight excluding hydrogens is 226 g/mol. The molecule has 0 aliphatic carbocycles. The van der Waals surface area contributed by atoms with Crippen molar-refractivity contribution < 1.29 is 9.53 Å². The number of nitrogens with one attached hydrogen (secondary N) is 1. The quantitative estimate of drug-likeness (QED) is 0.754. The van der Waals surface area contributed by atoms with Gasteiger partial charge in [-0.05, 0) is 38.8 Å². The fourth-order valence-electron chi connectivity index (χ4n) is 1.90. The first kappa shape index (κ1) is 14.7. The van der Waals surface area contributed by atoms with Gasteiger partial charge >= 0.3 is 5.97 Å². The summed E-state index contributed by atoms with van der Waals surface area (Å²) in [5.74, 6) is -0.149. The highest BCUT2D eigenvalue weighted by molar-refractivity contribution is 5.75. The number of benzene rings is 1. The molecule has 1 rings (SSSR count). The number of hydrogen-bond acceptors (Lipinski definition) is 3. The maximum Gasteiger partial charge on any atom is 0.323 e. The minimum absolute atomic E-state index is 0.149. The van der Waals surface area contributed by atoms with Crippen molar-refractivity contribution in [2.24, 2.45) is 0 Å². The van der Waals surface area contributed by atoms with Gasteiger partial charge in [0, 0.05) is 0 Å². The molecule has 0 radical (unpaired) electrons. The smallest absolute Gasteiger partial charge is 0.323 e. The van der Waals surface area contributed by atoms with Gasteiger partial charge in [-0.25, -0.2) is 0 Å². The highest BCUT2D eigenvalue weighted by atomic mass is 16.5. The number of esters is 1. The molecule has 1 N–H and O–H groups in total. The zero-order valence-electron chi connectivity index (χ0n) is 11.5. The molecule has 1 atom stereocenters. The Morgan fingerprint density at radius 1 is 1.39 bits per heavy atom. The van der Waals surface area contributed by atoms with Gasteiger partial charge in [-0.15, -0.1) is 0 Å². The first-order valence-electron chi connectivity index (χ1n) is 6.63. The Balaban J connectivity index is 2.37. The second kappa shape index (κ2) is 7.88. The van der Waals surface area contributed by atoms with Crippen molar-refractivity contribution in [3.8, 4) is 0 Å². The Morgan fingerprint density at radius 3 is 2.78 bits per heavy atom. The number of rotatable bonds is 7. The van der Waals surface area contributed by atoms with Crippen LogP contribution in [-0.4, -0.2) is 25.2 Å². The van der Waals surface area contributed by atoms with Crippen LogP contribution in [0.1, 0.15) is 31.4 Å². The van der Waals surface area contributed by atoms with Crippen LogP contribution in [0.2, 0.25) is 0 Å². The molecular formula is C15H23NO2. The Hall–Kier alpha value is -1.35. The second-order valence-corrected chi connectivity index (χ2v) is 4.41. The molecule has 0 aromatic heterocycles. The average Bonchev–Trinajstić information content (AvgIpc) is 2.35. The van der Waals surface area contributed by atoms with E-state index in [4.69, 9.17) is 4.74 Å². The van der Waals surface area contributed by atoms with E-state index < -0.39 is 0 Å². The van der Waals surface area contributed by atoms with Crippen LogP contribution in [0.4, 0.5) is 0 Å². The van der Waals surface area contributed by atoms with Gasteiger partial charge in [0.05, 0.1) is 6.61 Å². The van der Waals surface area contributed by atoms with E-state index in [0.29, 0.717) is 6.61 Å². The fourth-order valence-corrected chi connectivity index (χ4v) is 1.90. The molecule has 0 bridgehead atoms. The molecule has 0 saturated carbocycles. The van der Waals surface area contributed by atoms with Gasteiger partial charge in [-0.1, -0.05) is 36.8 Å². The maximum absolute atomic E-state index is 11.6. The van der Waals surface area contributed by atoms with E-state index in [1.807, 2.05) is 13.8 Å². The first-order chi connectivity index (χ1) is 8.67. The number of carbonyl (C=O) groups is 1. The molecule has 3 nitrogen and oxygen atoms in total. The highest BCUT2D eigenvalue weighted by Crippen LogP contribution is 2.04. The zero-order valence-corrected chi connectivity index (χ0v) is 11.5. The SMILES string of the molecule is CCOC(=O)C(CC)NCCc1cccc(C)c1. The van der Waals surface area contributed by atoms with Crippen molar-refractivity contribution in [3.05, 3.63) is 35.4 Å². The highest BCUT2D eigenvalue weighted by Gasteiger charge is 2.16. The molecule has 1 aromatic carbocycles. The van der Waals surface area contributed by atoms with Gasteiger partial charge in [0.25, 0.3) is 0 Å². The maximum atomic E-state index is 11.6. The third-order valence-electron chi connectivity index (χ3n) is 2.87. The molecule has 100 valence electrons. The van der Waals surface area contributed by atoms with E-state index in [-0.39, 0.29) is 12.0 Å². The van der Waals surface area contributed by atoms with Crippen LogP contribution >= 0.6 is 0 Å². The number of ether oxygens (including phenoxy) is 1. The van der Waals surface area contributed by atoms with E-state index in [2.05, 4.69) is 36.5 Å². The van der Waals surface area contributed by atoms with Crippen molar-refractivity contribution in [1.29, 1.82) is 0 Å². The van der Waals surface area contributed by atoms with Crippen molar-refractivity contribution in [2.45, 2.75) is 39.7 Å². The van der Waals surface area contributed by atoms with Crippen LogP contribution in [0.5, 0.6) is 0 Å². The van der Waals surface area contributed by atoms with Gasteiger partial charge in [-0.3, -0.25) is 4.79 Å². The normalized spacial score (nSPS) is 12.2. The van der Waals surface area contributed by atoms with Crippen molar-refractivity contribution in [1.82, 2.24) is 5.32 Å². The fraction of sp³-hybridized carbons (Fsp3) is 0.533. The Morgan fingerprint density at radius 2 is 2.17 bits per heavy atom. The van der Waals surface area contributed by atoms with Crippen LogP contribution in [-0.2, 0) is 16.0 Å². The molecule has 0 aliphatic heterocycles. The molecule has 0 saturated heterocycles. The molecule has 0 fully saturated rings. The molecule has 0 aliphatic rings. The van der Waals surface area contributed by atoms with Gasteiger partial charge in [0.2, 0.25) is 0 Å².